The van der Waals surface area contributed by atoms with E-state index in [2.05, 4.69) is 20.3 Å². The summed E-state index contributed by atoms with van der Waals surface area (Å²) in [4.78, 5) is 26.5. The summed E-state index contributed by atoms with van der Waals surface area (Å²) in [7, 11) is 0. The molecular weight excluding hydrogens is 383 g/mol. The molecular formula is C15H8F3N7O3. The van der Waals surface area contributed by atoms with Crippen molar-refractivity contribution in [3.63, 3.8) is 0 Å². The van der Waals surface area contributed by atoms with Gasteiger partial charge in [0, 0.05) is 17.8 Å². The average Bonchev–Trinajstić information content (AvgIpc) is 3.07. The van der Waals surface area contributed by atoms with E-state index in [4.69, 9.17) is 0 Å². The molecule has 0 amide bonds. The van der Waals surface area contributed by atoms with Gasteiger partial charge in [0.15, 0.2) is 5.52 Å². The van der Waals surface area contributed by atoms with Crippen LogP contribution in [0.4, 0.5) is 18.9 Å². The van der Waals surface area contributed by atoms with E-state index >= 15 is 0 Å². The van der Waals surface area contributed by atoms with E-state index in [1.54, 1.807) is 6.92 Å². The smallest absolute Gasteiger partial charge is 0.282 e. The number of halogens is 3. The first-order valence-corrected chi connectivity index (χ1v) is 7.64. The van der Waals surface area contributed by atoms with Crippen LogP contribution in [0.25, 0.3) is 22.5 Å². The minimum absolute atomic E-state index is 0.0316. The number of alkyl halides is 3. The molecule has 0 atom stereocenters. The third-order valence-corrected chi connectivity index (χ3v) is 4.02. The number of aromatic nitrogens is 6. The number of fused-ring (bicyclic) bond motifs is 3. The fourth-order valence-corrected chi connectivity index (χ4v) is 2.67. The Morgan fingerprint density at radius 2 is 1.93 bits per heavy atom. The Morgan fingerprint density at radius 1 is 1.18 bits per heavy atom. The van der Waals surface area contributed by atoms with Gasteiger partial charge in [-0.3, -0.25) is 19.5 Å². The molecule has 4 aromatic rings. The Hall–Kier alpha value is -3.90. The van der Waals surface area contributed by atoms with E-state index in [0.717, 1.165) is 9.08 Å². The maximum atomic E-state index is 12.8. The monoisotopic (exact) mass is 391 g/mol. The van der Waals surface area contributed by atoms with Crippen LogP contribution in [0.15, 0.2) is 35.3 Å². The van der Waals surface area contributed by atoms with E-state index in [1.807, 2.05) is 0 Å². The Balaban J connectivity index is 1.95. The zero-order chi connectivity index (χ0) is 20.2. The molecule has 4 rings (SSSR count). The standard InChI is InChI=1S/C15H8F3N7O3/c1-7-2-3-8(6-10(7)25(27)28)23-5-4-9-11(12(23)26)20-21-14-19-13(15(16,17)18)22-24(9)14/h2-6H,1H3. The van der Waals surface area contributed by atoms with Crippen molar-refractivity contribution in [2.45, 2.75) is 13.1 Å². The summed E-state index contributed by atoms with van der Waals surface area (Å²) in [6.45, 7) is 1.55. The molecule has 0 bridgehead atoms. The second-order valence-corrected chi connectivity index (χ2v) is 5.80. The van der Waals surface area contributed by atoms with Gasteiger partial charge in [-0.15, -0.1) is 15.3 Å². The molecule has 0 saturated carbocycles. The van der Waals surface area contributed by atoms with Crippen molar-refractivity contribution in [3.8, 4) is 5.69 Å². The lowest BCUT2D eigenvalue weighted by molar-refractivity contribution is -0.385. The molecule has 0 aliphatic rings. The molecule has 0 unspecified atom stereocenters. The van der Waals surface area contributed by atoms with Crippen molar-refractivity contribution >= 4 is 22.5 Å². The third kappa shape index (κ3) is 2.64. The number of aryl methyl sites for hydroxylation is 1. The van der Waals surface area contributed by atoms with Crippen molar-refractivity contribution < 1.29 is 18.1 Å². The number of nitrogens with zero attached hydrogens (tertiary/aromatic N) is 7. The zero-order valence-corrected chi connectivity index (χ0v) is 13.9. The fraction of sp³-hybridized carbons (Fsp3) is 0.133. The summed E-state index contributed by atoms with van der Waals surface area (Å²) in [6.07, 6.45) is -3.52. The maximum Gasteiger partial charge on any atom is 0.453 e. The molecule has 3 aromatic heterocycles. The van der Waals surface area contributed by atoms with Gasteiger partial charge in [0.2, 0.25) is 0 Å². The lowest BCUT2D eigenvalue weighted by atomic mass is 10.2. The molecule has 0 aliphatic heterocycles. The molecule has 0 radical (unpaired) electrons. The maximum absolute atomic E-state index is 12.8. The SMILES string of the molecule is Cc1ccc(-n2ccc3c(nnc4nc(C(F)(F)F)nn43)c2=O)cc1[N+](=O)[O-]. The summed E-state index contributed by atoms with van der Waals surface area (Å²) in [5, 5.41) is 21.6. The van der Waals surface area contributed by atoms with E-state index in [-0.39, 0.29) is 22.4 Å². The first-order valence-electron chi connectivity index (χ1n) is 7.64. The van der Waals surface area contributed by atoms with Crippen LogP contribution < -0.4 is 5.56 Å². The molecule has 0 saturated heterocycles. The summed E-state index contributed by atoms with van der Waals surface area (Å²) in [6, 6.07) is 5.50. The van der Waals surface area contributed by atoms with Crippen LogP contribution in [-0.4, -0.2) is 34.3 Å². The van der Waals surface area contributed by atoms with Gasteiger partial charge in [-0.1, -0.05) is 6.07 Å². The van der Waals surface area contributed by atoms with Gasteiger partial charge in [-0.05, 0) is 19.1 Å². The summed E-state index contributed by atoms with van der Waals surface area (Å²) < 4.78 is 40.3. The third-order valence-electron chi connectivity index (χ3n) is 4.02. The van der Waals surface area contributed by atoms with E-state index < -0.39 is 28.3 Å². The Bertz CT molecular complexity index is 1330. The van der Waals surface area contributed by atoms with Gasteiger partial charge in [-0.2, -0.15) is 22.7 Å². The number of hydrogen-bond acceptors (Lipinski definition) is 7. The molecule has 0 aliphatic carbocycles. The summed E-state index contributed by atoms with van der Waals surface area (Å²) >= 11 is 0. The zero-order valence-electron chi connectivity index (χ0n) is 13.9. The topological polar surface area (TPSA) is 121 Å². The van der Waals surface area contributed by atoms with Crippen molar-refractivity contribution in [3.05, 3.63) is 62.3 Å². The molecule has 142 valence electrons. The predicted octanol–water partition coefficient (Wildman–Crippen LogP) is 2.06. The van der Waals surface area contributed by atoms with Gasteiger partial charge >= 0.3 is 6.18 Å². The number of hydrogen-bond donors (Lipinski definition) is 0. The normalized spacial score (nSPS) is 12.0. The second-order valence-electron chi connectivity index (χ2n) is 5.80. The molecule has 0 fully saturated rings. The van der Waals surface area contributed by atoms with Gasteiger partial charge in [0.1, 0.15) is 5.52 Å². The Labute approximate surface area is 152 Å². The van der Waals surface area contributed by atoms with Gasteiger partial charge in [0.25, 0.3) is 22.8 Å². The average molecular weight is 391 g/mol. The highest BCUT2D eigenvalue weighted by atomic mass is 19.4. The first-order chi connectivity index (χ1) is 13.2. The highest BCUT2D eigenvalue weighted by Gasteiger charge is 2.37. The largest absolute Gasteiger partial charge is 0.453 e. The summed E-state index contributed by atoms with van der Waals surface area (Å²) in [5.41, 5.74) is -0.606. The lowest BCUT2D eigenvalue weighted by Crippen LogP contribution is -2.20. The number of benzene rings is 1. The fourth-order valence-electron chi connectivity index (χ4n) is 2.67. The minimum Gasteiger partial charge on any atom is -0.282 e. The van der Waals surface area contributed by atoms with Crippen LogP contribution in [0.2, 0.25) is 0 Å². The molecule has 3 heterocycles. The van der Waals surface area contributed by atoms with Crippen LogP contribution in [-0.2, 0) is 6.18 Å². The summed E-state index contributed by atoms with van der Waals surface area (Å²) in [5.74, 6) is -1.82. The second kappa shape index (κ2) is 5.80. The van der Waals surface area contributed by atoms with E-state index in [9.17, 15) is 28.1 Å². The van der Waals surface area contributed by atoms with Crippen LogP contribution in [0.1, 0.15) is 11.4 Å². The van der Waals surface area contributed by atoms with E-state index in [1.165, 1.54) is 30.5 Å². The van der Waals surface area contributed by atoms with Gasteiger partial charge in [0.05, 0.1) is 10.6 Å². The van der Waals surface area contributed by atoms with Crippen molar-refractivity contribution in [1.82, 2.24) is 29.4 Å². The molecule has 28 heavy (non-hydrogen) atoms. The minimum atomic E-state index is -4.78. The Morgan fingerprint density at radius 3 is 2.61 bits per heavy atom. The molecule has 0 spiro atoms. The Kier molecular flexibility index (Phi) is 3.63. The first kappa shape index (κ1) is 17.5. The molecule has 0 N–H and O–H groups in total. The van der Waals surface area contributed by atoms with Gasteiger partial charge < -0.3 is 0 Å². The van der Waals surface area contributed by atoms with E-state index in [0.29, 0.717) is 5.56 Å². The highest BCUT2D eigenvalue weighted by molar-refractivity contribution is 5.74. The quantitative estimate of drug-likeness (QED) is 0.379. The van der Waals surface area contributed by atoms with Crippen LogP contribution in [0.3, 0.4) is 0 Å². The number of rotatable bonds is 2. The van der Waals surface area contributed by atoms with Crippen LogP contribution in [0.5, 0.6) is 0 Å². The van der Waals surface area contributed by atoms with Crippen LogP contribution in [0, 0.1) is 17.0 Å². The highest BCUT2D eigenvalue weighted by Crippen LogP contribution is 2.27. The number of nitro benzene ring substituents is 1. The van der Waals surface area contributed by atoms with Crippen molar-refractivity contribution in [1.29, 1.82) is 0 Å². The van der Waals surface area contributed by atoms with Crippen molar-refractivity contribution in [2.75, 3.05) is 0 Å². The molecule has 1 aromatic carbocycles. The lowest BCUT2D eigenvalue weighted by Gasteiger charge is -2.08. The van der Waals surface area contributed by atoms with Gasteiger partial charge in [-0.25, -0.2) is 0 Å². The van der Waals surface area contributed by atoms with Crippen LogP contribution >= 0.6 is 0 Å². The number of nitro groups is 1. The molecule has 10 nitrogen and oxygen atoms in total. The predicted molar refractivity (Wildman–Crippen MR) is 88.1 cm³/mol. The molecule has 13 heteroatoms. The number of pyridine rings is 1. The van der Waals surface area contributed by atoms with Crippen molar-refractivity contribution in [2.24, 2.45) is 0 Å².